The molecule has 4 atom stereocenters. The number of aryl methyl sites for hydroxylation is 1. The topological polar surface area (TPSA) is 64.1 Å². The number of halogens is 7. The van der Waals surface area contributed by atoms with Gasteiger partial charge in [0.15, 0.2) is 0 Å². The second-order valence-electron chi connectivity index (χ2n) is 11.9. The lowest BCUT2D eigenvalue weighted by atomic mass is 9.78. The van der Waals surface area contributed by atoms with Crippen LogP contribution in [0.4, 0.5) is 35.5 Å². The Morgan fingerprint density at radius 2 is 1.58 bits per heavy atom. The minimum atomic E-state index is -5.04. The Hall–Kier alpha value is -3.35. The summed E-state index contributed by atoms with van der Waals surface area (Å²) >= 11 is 0. The van der Waals surface area contributed by atoms with Gasteiger partial charge < -0.3 is 14.9 Å². The van der Waals surface area contributed by atoms with Gasteiger partial charge in [0, 0.05) is 19.1 Å². The molecule has 2 aromatic rings. The standard InChI is InChI=1S/C30H34F7N3O3/c1-17-12-22(31)6-7-23(17)24-16-28(9-8-27(3,25(41)42)39(28)5)10-11-40(24)26(43)38(4)18(2)19-13-20(29(32,33)34)15-21(14-19)30(35,36)37/h6-7,12-15,18,24H,8-11,16H2,1-5H3,(H,41,42)/t18-,24-,27+,28+/m1/s1. The van der Waals surface area contributed by atoms with Crippen LogP contribution in [0.5, 0.6) is 0 Å². The number of nitrogens with zero attached hydrogens (tertiary/aromatic N) is 3. The predicted octanol–water partition coefficient (Wildman–Crippen LogP) is 7.43. The predicted molar refractivity (Wildman–Crippen MR) is 144 cm³/mol. The van der Waals surface area contributed by atoms with E-state index in [9.17, 15) is 45.4 Å². The van der Waals surface area contributed by atoms with Crippen LogP contribution in [0.3, 0.4) is 0 Å². The van der Waals surface area contributed by atoms with Crippen LogP contribution < -0.4 is 0 Å². The molecule has 43 heavy (non-hydrogen) atoms. The Labute approximate surface area is 245 Å². The van der Waals surface area contributed by atoms with Crippen molar-refractivity contribution in [1.29, 1.82) is 0 Å². The molecule has 0 bridgehead atoms. The summed E-state index contributed by atoms with van der Waals surface area (Å²) in [5, 5.41) is 9.94. The first kappa shape index (κ1) is 32.6. The van der Waals surface area contributed by atoms with Crippen LogP contribution in [0.1, 0.15) is 79.4 Å². The third kappa shape index (κ3) is 5.92. The number of aliphatic carboxylic acids is 1. The zero-order chi connectivity index (χ0) is 32.3. The third-order valence-corrected chi connectivity index (χ3v) is 9.57. The van der Waals surface area contributed by atoms with Gasteiger partial charge in [0.05, 0.1) is 23.2 Å². The summed E-state index contributed by atoms with van der Waals surface area (Å²) in [6, 6.07) is 2.89. The molecule has 13 heteroatoms. The van der Waals surface area contributed by atoms with E-state index < -0.39 is 64.5 Å². The Bertz CT molecular complexity index is 1380. The molecule has 2 amide bonds. The van der Waals surface area contributed by atoms with E-state index in [0.717, 1.165) is 4.90 Å². The van der Waals surface area contributed by atoms with Crippen molar-refractivity contribution in [2.75, 3.05) is 20.6 Å². The van der Waals surface area contributed by atoms with Crippen LogP contribution in [0.15, 0.2) is 36.4 Å². The van der Waals surface area contributed by atoms with Crippen molar-refractivity contribution >= 4 is 12.0 Å². The van der Waals surface area contributed by atoms with Gasteiger partial charge in [0.25, 0.3) is 0 Å². The molecular formula is C30H34F7N3O3. The number of hydrogen-bond acceptors (Lipinski definition) is 3. The molecule has 2 heterocycles. The Kier molecular flexibility index (Phi) is 8.31. The van der Waals surface area contributed by atoms with Gasteiger partial charge in [-0.3, -0.25) is 9.69 Å². The van der Waals surface area contributed by atoms with E-state index >= 15 is 0 Å². The van der Waals surface area contributed by atoms with Crippen molar-refractivity contribution in [3.63, 3.8) is 0 Å². The van der Waals surface area contributed by atoms with Gasteiger partial charge in [-0.2, -0.15) is 26.3 Å². The van der Waals surface area contributed by atoms with Crippen LogP contribution in [0.25, 0.3) is 0 Å². The quantitative estimate of drug-likeness (QED) is 0.363. The van der Waals surface area contributed by atoms with Gasteiger partial charge in [-0.15, -0.1) is 0 Å². The fourth-order valence-electron chi connectivity index (χ4n) is 6.51. The maximum Gasteiger partial charge on any atom is 0.416 e. The number of carbonyl (C=O) groups is 2. The molecule has 0 radical (unpaired) electrons. The summed E-state index contributed by atoms with van der Waals surface area (Å²) in [5.41, 5.74) is -3.88. The number of likely N-dealkylation sites (N-methyl/N-ethyl adjacent to an activating group) is 1. The summed E-state index contributed by atoms with van der Waals surface area (Å²) in [6.45, 7) is 4.79. The second-order valence-corrected chi connectivity index (χ2v) is 11.9. The van der Waals surface area contributed by atoms with Crippen molar-refractivity contribution < 1.29 is 45.4 Å². The van der Waals surface area contributed by atoms with Crippen molar-refractivity contribution in [3.8, 4) is 0 Å². The number of carboxylic acid groups (broad SMARTS) is 1. The van der Waals surface area contributed by atoms with Gasteiger partial charge >= 0.3 is 24.4 Å². The molecule has 0 unspecified atom stereocenters. The second kappa shape index (κ2) is 11.0. The van der Waals surface area contributed by atoms with E-state index in [1.54, 1.807) is 27.0 Å². The fourth-order valence-corrected chi connectivity index (χ4v) is 6.51. The lowest BCUT2D eigenvalue weighted by Crippen LogP contribution is -2.60. The number of amides is 2. The average Bonchev–Trinajstić information content (AvgIpc) is 3.16. The number of piperidine rings is 1. The first-order chi connectivity index (χ1) is 19.7. The normalized spacial score (nSPS) is 25.7. The molecule has 0 aromatic heterocycles. The van der Waals surface area contributed by atoms with Crippen LogP contribution in [0.2, 0.25) is 0 Å². The van der Waals surface area contributed by atoms with E-state index in [1.807, 2.05) is 4.90 Å². The van der Waals surface area contributed by atoms with E-state index in [2.05, 4.69) is 0 Å². The van der Waals surface area contributed by atoms with Crippen molar-refractivity contribution in [2.45, 2.75) is 82.0 Å². The fraction of sp³-hybridized carbons (Fsp3) is 0.533. The molecular weight excluding hydrogens is 583 g/mol. The molecule has 2 aromatic carbocycles. The van der Waals surface area contributed by atoms with Gasteiger partial charge in [0.1, 0.15) is 11.4 Å². The van der Waals surface area contributed by atoms with Crippen molar-refractivity contribution in [3.05, 3.63) is 70.0 Å². The monoisotopic (exact) mass is 617 g/mol. The number of urea groups is 1. The van der Waals surface area contributed by atoms with Crippen LogP contribution >= 0.6 is 0 Å². The minimum absolute atomic E-state index is 0.0401. The van der Waals surface area contributed by atoms with E-state index in [0.29, 0.717) is 48.9 Å². The molecule has 1 N–H and O–H groups in total. The number of alkyl halides is 6. The van der Waals surface area contributed by atoms with Crippen LogP contribution in [0, 0.1) is 12.7 Å². The van der Waals surface area contributed by atoms with Gasteiger partial charge in [-0.1, -0.05) is 6.07 Å². The highest BCUT2D eigenvalue weighted by Crippen LogP contribution is 2.51. The molecule has 0 saturated carbocycles. The van der Waals surface area contributed by atoms with Gasteiger partial charge in [0.2, 0.25) is 0 Å². The highest BCUT2D eigenvalue weighted by molar-refractivity contribution is 5.79. The number of carboxylic acids is 1. The summed E-state index contributed by atoms with van der Waals surface area (Å²) in [4.78, 5) is 30.5. The molecule has 6 nitrogen and oxygen atoms in total. The number of rotatable bonds is 4. The molecule has 1 spiro atoms. The summed E-state index contributed by atoms with van der Waals surface area (Å²) < 4.78 is 95.1. The highest BCUT2D eigenvalue weighted by atomic mass is 19.4. The maximum absolute atomic E-state index is 14.0. The summed E-state index contributed by atoms with van der Waals surface area (Å²) in [7, 11) is 3.04. The first-order valence-corrected chi connectivity index (χ1v) is 13.8. The van der Waals surface area contributed by atoms with Gasteiger partial charge in [-0.25, -0.2) is 9.18 Å². The highest BCUT2D eigenvalue weighted by Gasteiger charge is 2.57. The molecule has 2 aliphatic rings. The number of benzene rings is 2. The maximum atomic E-state index is 14.0. The summed E-state index contributed by atoms with van der Waals surface area (Å²) in [5.74, 6) is -1.47. The SMILES string of the molecule is Cc1cc(F)ccc1[C@H]1C[C@@]2(CCN1C(=O)N(C)[C@H](C)c1cc(C(F)(F)F)cc(C(F)(F)F)c1)CC[C@@](C)(C(=O)O)N2C. The number of hydrogen-bond donors (Lipinski definition) is 1. The zero-order valence-corrected chi connectivity index (χ0v) is 24.4. The minimum Gasteiger partial charge on any atom is -0.480 e. The van der Waals surface area contributed by atoms with E-state index in [-0.39, 0.29) is 18.2 Å². The van der Waals surface area contributed by atoms with Crippen LogP contribution in [-0.2, 0) is 17.1 Å². The smallest absolute Gasteiger partial charge is 0.416 e. The first-order valence-electron chi connectivity index (χ1n) is 13.8. The zero-order valence-electron chi connectivity index (χ0n) is 24.4. The number of likely N-dealkylation sites (tertiary alicyclic amines) is 2. The lowest BCUT2D eigenvalue weighted by Gasteiger charge is -2.51. The molecule has 4 rings (SSSR count). The number of carbonyl (C=O) groups excluding carboxylic acids is 1. The Morgan fingerprint density at radius 1 is 1.00 bits per heavy atom. The molecule has 0 aliphatic carbocycles. The molecule has 2 fully saturated rings. The van der Waals surface area contributed by atoms with Crippen molar-refractivity contribution in [1.82, 2.24) is 14.7 Å². The largest absolute Gasteiger partial charge is 0.480 e. The lowest BCUT2D eigenvalue weighted by molar-refractivity contribution is -0.151. The van der Waals surface area contributed by atoms with E-state index in [1.165, 1.54) is 31.0 Å². The van der Waals surface area contributed by atoms with Gasteiger partial charge in [-0.05, 0) is 101 Å². The van der Waals surface area contributed by atoms with E-state index in [4.69, 9.17) is 0 Å². The Balaban J connectivity index is 1.71. The van der Waals surface area contributed by atoms with Crippen LogP contribution in [-0.4, -0.2) is 63.5 Å². The molecule has 236 valence electrons. The summed E-state index contributed by atoms with van der Waals surface area (Å²) in [6.07, 6.45) is -8.49. The average molecular weight is 618 g/mol. The third-order valence-electron chi connectivity index (χ3n) is 9.57. The Morgan fingerprint density at radius 3 is 2.07 bits per heavy atom. The molecule has 2 saturated heterocycles. The molecule has 2 aliphatic heterocycles. The van der Waals surface area contributed by atoms with Crippen molar-refractivity contribution in [2.24, 2.45) is 0 Å².